The average Bonchev–Trinajstić information content (AvgIpc) is 3.23. The van der Waals surface area contributed by atoms with Gasteiger partial charge in [0.15, 0.2) is 5.13 Å². The van der Waals surface area contributed by atoms with E-state index in [9.17, 15) is 0 Å². The number of hydrogen-bond donors (Lipinski definition) is 2. The predicted molar refractivity (Wildman–Crippen MR) is 107 cm³/mol. The highest BCUT2D eigenvalue weighted by Crippen LogP contribution is 2.29. The minimum atomic E-state index is 0.798. The average molecular weight is 377 g/mol. The lowest BCUT2D eigenvalue weighted by molar-refractivity contribution is 0.172. The van der Waals surface area contributed by atoms with E-state index in [1.54, 1.807) is 6.20 Å². The zero-order valence-corrected chi connectivity index (χ0v) is 15.8. The van der Waals surface area contributed by atoms with E-state index in [4.69, 9.17) is 4.98 Å². The van der Waals surface area contributed by atoms with Crippen LogP contribution in [-0.4, -0.2) is 43.1 Å². The Morgan fingerprint density at radius 1 is 1.22 bits per heavy atom. The van der Waals surface area contributed by atoms with Gasteiger partial charge >= 0.3 is 0 Å². The van der Waals surface area contributed by atoms with E-state index in [0.29, 0.717) is 0 Å². The Labute approximate surface area is 160 Å². The summed E-state index contributed by atoms with van der Waals surface area (Å²) in [5.74, 6) is 0.818. The topological polar surface area (TPSA) is 82.6 Å². The van der Waals surface area contributed by atoms with Gasteiger partial charge in [0.05, 0.1) is 11.9 Å². The van der Waals surface area contributed by atoms with Gasteiger partial charge in [0.2, 0.25) is 0 Å². The lowest BCUT2D eigenvalue weighted by Gasteiger charge is -2.30. The SMILES string of the molecule is Cc1[nH]ncc1-c1ccc2nc(Nc3cc(CN4CCC4)ccn3)sc2n1. The number of nitrogens with zero attached hydrogens (tertiary/aromatic N) is 5. The first-order valence-electron chi connectivity index (χ1n) is 8.97. The Morgan fingerprint density at radius 2 is 2.15 bits per heavy atom. The largest absolute Gasteiger partial charge is 0.316 e. The highest BCUT2D eigenvalue weighted by molar-refractivity contribution is 7.21. The second-order valence-corrected chi connectivity index (χ2v) is 7.73. The number of anilines is 2. The van der Waals surface area contributed by atoms with Gasteiger partial charge in [-0.2, -0.15) is 5.10 Å². The normalized spacial score (nSPS) is 14.4. The van der Waals surface area contributed by atoms with Gasteiger partial charge in [0.25, 0.3) is 0 Å². The van der Waals surface area contributed by atoms with Crippen LogP contribution in [0.5, 0.6) is 0 Å². The molecule has 0 saturated carbocycles. The van der Waals surface area contributed by atoms with Crippen LogP contribution in [0.2, 0.25) is 0 Å². The van der Waals surface area contributed by atoms with Crippen LogP contribution in [-0.2, 0) is 6.54 Å². The summed E-state index contributed by atoms with van der Waals surface area (Å²) in [6, 6.07) is 8.15. The maximum absolute atomic E-state index is 4.75. The number of likely N-dealkylation sites (tertiary alicyclic amines) is 1. The number of fused-ring (bicyclic) bond motifs is 1. The van der Waals surface area contributed by atoms with Crippen molar-refractivity contribution in [2.24, 2.45) is 0 Å². The molecular formula is C19H19N7S. The van der Waals surface area contributed by atoms with Crippen molar-refractivity contribution in [3.8, 4) is 11.3 Å². The number of H-pyrrole nitrogens is 1. The van der Waals surface area contributed by atoms with Gasteiger partial charge in [0, 0.05) is 24.0 Å². The fourth-order valence-corrected chi connectivity index (χ4v) is 4.02. The van der Waals surface area contributed by atoms with E-state index >= 15 is 0 Å². The third-order valence-electron chi connectivity index (χ3n) is 4.78. The molecule has 1 aliphatic heterocycles. The molecule has 0 radical (unpaired) electrons. The van der Waals surface area contributed by atoms with E-state index in [1.807, 2.05) is 25.3 Å². The molecule has 4 aromatic rings. The van der Waals surface area contributed by atoms with Crippen molar-refractivity contribution in [2.75, 3.05) is 18.4 Å². The molecule has 0 unspecified atom stereocenters. The highest BCUT2D eigenvalue weighted by Gasteiger charge is 2.14. The molecule has 136 valence electrons. The molecule has 8 heteroatoms. The summed E-state index contributed by atoms with van der Waals surface area (Å²) in [5, 5.41) is 11.2. The Kier molecular flexibility index (Phi) is 4.06. The predicted octanol–water partition coefficient (Wildman–Crippen LogP) is 3.73. The van der Waals surface area contributed by atoms with E-state index in [-0.39, 0.29) is 0 Å². The first-order valence-corrected chi connectivity index (χ1v) is 9.78. The van der Waals surface area contributed by atoms with Crippen LogP contribution in [0.4, 0.5) is 10.9 Å². The summed E-state index contributed by atoms with van der Waals surface area (Å²) in [4.78, 5) is 17.1. The first kappa shape index (κ1) is 16.3. The molecule has 7 nitrogen and oxygen atoms in total. The third kappa shape index (κ3) is 3.29. The van der Waals surface area contributed by atoms with Crippen molar-refractivity contribution in [1.82, 2.24) is 30.0 Å². The molecule has 0 spiro atoms. The smallest absolute Gasteiger partial charge is 0.190 e. The number of hydrogen-bond acceptors (Lipinski definition) is 7. The zero-order chi connectivity index (χ0) is 18.2. The van der Waals surface area contributed by atoms with Crippen molar-refractivity contribution in [1.29, 1.82) is 0 Å². The summed E-state index contributed by atoms with van der Waals surface area (Å²) >= 11 is 1.53. The minimum Gasteiger partial charge on any atom is -0.316 e. The summed E-state index contributed by atoms with van der Waals surface area (Å²) in [5.41, 5.74) is 5.07. The molecule has 5 heterocycles. The number of nitrogens with one attached hydrogen (secondary N) is 2. The summed E-state index contributed by atoms with van der Waals surface area (Å²) in [6.45, 7) is 5.35. The number of aromatic nitrogens is 5. The van der Waals surface area contributed by atoms with Crippen molar-refractivity contribution < 1.29 is 0 Å². The number of aromatic amines is 1. The van der Waals surface area contributed by atoms with Gasteiger partial charge in [-0.1, -0.05) is 11.3 Å². The van der Waals surface area contributed by atoms with E-state index in [2.05, 4.69) is 42.5 Å². The molecule has 0 bridgehead atoms. The van der Waals surface area contributed by atoms with Crippen LogP contribution >= 0.6 is 11.3 Å². The number of thiazole rings is 1. The molecule has 4 aromatic heterocycles. The molecule has 0 amide bonds. The second-order valence-electron chi connectivity index (χ2n) is 6.75. The van der Waals surface area contributed by atoms with Crippen molar-refractivity contribution >= 4 is 32.6 Å². The van der Waals surface area contributed by atoms with Crippen LogP contribution in [0, 0.1) is 6.92 Å². The Hall–Kier alpha value is -2.84. The standard InChI is InChI=1S/C19H19N7S/c1-12-14(10-21-25-12)15-3-4-16-18(22-15)27-19(23-16)24-17-9-13(5-6-20-17)11-26-7-2-8-26/h3-6,9-10H,2,7-8,11H2,1H3,(H,21,25)(H,20,23,24). The summed E-state index contributed by atoms with van der Waals surface area (Å²) in [7, 11) is 0. The van der Waals surface area contributed by atoms with Crippen molar-refractivity contribution in [3.63, 3.8) is 0 Å². The first-order chi connectivity index (χ1) is 13.2. The number of rotatable bonds is 5. The molecular weight excluding hydrogens is 358 g/mol. The maximum atomic E-state index is 4.75. The quantitative estimate of drug-likeness (QED) is 0.551. The molecule has 1 fully saturated rings. The Bertz CT molecular complexity index is 1100. The van der Waals surface area contributed by atoms with Crippen LogP contribution in [0.25, 0.3) is 21.6 Å². The number of aryl methyl sites for hydroxylation is 1. The molecule has 27 heavy (non-hydrogen) atoms. The zero-order valence-electron chi connectivity index (χ0n) is 14.9. The molecule has 5 rings (SSSR count). The van der Waals surface area contributed by atoms with E-state index in [0.717, 1.165) is 44.8 Å². The molecule has 0 aromatic carbocycles. The van der Waals surface area contributed by atoms with Gasteiger partial charge in [-0.3, -0.25) is 10.00 Å². The molecule has 1 saturated heterocycles. The van der Waals surface area contributed by atoms with Crippen LogP contribution in [0.3, 0.4) is 0 Å². The van der Waals surface area contributed by atoms with Gasteiger partial charge in [0.1, 0.15) is 16.2 Å². The summed E-state index contributed by atoms with van der Waals surface area (Å²) in [6.07, 6.45) is 4.95. The van der Waals surface area contributed by atoms with Crippen molar-refractivity contribution in [3.05, 3.63) is 47.9 Å². The number of pyridine rings is 2. The van der Waals surface area contributed by atoms with E-state index in [1.165, 1.54) is 36.4 Å². The van der Waals surface area contributed by atoms with Gasteiger partial charge in [-0.05, 0) is 56.3 Å². The maximum Gasteiger partial charge on any atom is 0.190 e. The monoisotopic (exact) mass is 377 g/mol. The Morgan fingerprint density at radius 3 is 2.93 bits per heavy atom. The van der Waals surface area contributed by atoms with Gasteiger partial charge in [-0.15, -0.1) is 0 Å². The highest BCUT2D eigenvalue weighted by atomic mass is 32.1. The fourth-order valence-electron chi connectivity index (χ4n) is 3.18. The van der Waals surface area contributed by atoms with Crippen molar-refractivity contribution in [2.45, 2.75) is 19.9 Å². The van der Waals surface area contributed by atoms with E-state index < -0.39 is 0 Å². The van der Waals surface area contributed by atoms with Gasteiger partial charge < -0.3 is 5.32 Å². The lowest BCUT2D eigenvalue weighted by atomic mass is 10.1. The molecule has 0 aliphatic carbocycles. The van der Waals surface area contributed by atoms with Crippen LogP contribution in [0.15, 0.2) is 36.7 Å². The third-order valence-corrected chi connectivity index (χ3v) is 5.66. The Balaban J connectivity index is 1.39. The molecule has 2 N–H and O–H groups in total. The van der Waals surface area contributed by atoms with Crippen LogP contribution < -0.4 is 5.32 Å². The van der Waals surface area contributed by atoms with Gasteiger partial charge in [-0.25, -0.2) is 15.0 Å². The molecule has 1 aliphatic rings. The lowest BCUT2D eigenvalue weighted by Crippen LogP contribution is -2.36. The van der Waals surface area contributed by atoms with Crippen LogP contribution in [0.1, 0.15) is 17.7 Å². The molecule has 0 atom stereocenters. The second kappa shape index (κ2) is 6.71. The fraction of sp³-hybridized carbons (Fsp3) is 0.263. The minimum absolute atomic E-state index is 0.798. The summed E-state index contributed by atoms with van der Waals surface area (Å²) < 4.78 is 0.